The molecule has 8 nitrogen and oxygen atoms in total. The molecule has 3 fully saturated rings. The maximum absolute atomic E-state index is 12.3. The first-order valence-corrected chi connectivity index (χ1v) is 14.9. The zero-order valence-electron chi connectivity index (χ0n) is 23.6. The van der Waals surface area contributed by atoms with Gasteiger partial charge < -0.3 is 20.3 Å². The number of carbonyl (C=O) groups excluding carboxylic acids is 1. The summed E-state index contributed by atoms with van der Waals surface area (Å²) in [5.41, 5.74) is 15.0. The predicted octanol–water partition coefficient (Wildman–Crippen LogP) is 4.55. The molecule has 6 rings (SSSR count). The molecule has 1 aliphatic carbocycles. The van der Waals surface area contributed by atoms with Gasteiger partial charge in [-0.05, 0) is 68.7 Å². The Labute approximate surface area is 237 Å². The highest BCUT2D eigenvalue weighted by molar-refractivity contribution is 6.06. The maximum Gasteiger partial charge on any atom is 0.219 e. The second-order valence-corrected chi connectivity index (χ2v) is 11.3. The van der Waals surface area contributed by atoms with E-state index < -0.39 is 0 Å². The summed E-state index contributed by atoms with van der Waals surface area (Å²) in [6.45, 7) is 6.47. The largest absolute Gasteiger partial charge is 0.398 e. The average molecular weight is 541 g/mol. The molecule has 0 radical (unpaired) electrons. The van der Waals surface area contributed by atoms with E-state index >= 15 is 0 Å². The lowest BCUT2D eigenvalue weighted by molar-refractivity contribution is -0.128. The van der Waals surface area contributed by atoms with Gasteiger partial charge in [-0.15, -0.1) is 0 Å². The number of amides is 1. The topological polar surface area (TPSA) is 96.9 Å². The van der Waals surface area contributed by atoms with E-state index in [0.717, 1.165) is 104 Å². The van der Waals surface area contributed by atoms with Crippen molar-refractivity contribution in [3.63, 3.8) is 0 Å². The number of hydrogen-bond donors (Lipinski definition) is 1. The quantitative estimate of drug-likeness (QED) is 0.611. The molecule has 210 valence electrons. The molecule has 5 heterocycles. The van der Waals surface area contributed by atoms with Gasteiger partial charge in [-0.25, -0.2) is 4.98 Å². The van der Waals surface area contributed by atoms with Gasteiger partial charge >= 0.3 is 0 Å². The van der Waals surface area contributed by atoms with Crippen LogP contribution >= 0.6 is 0 Å². The molecule has 0 spiro atoms. The number of fused-ring (bicyclic) bond motifs is 1. The van der Waals surface area contributed by atoms with Crippen LogP contribution in [0.25, 0.3) is 16.8 Å². The normalized spacial score (nSPS) is 22.6. The van der Waals surface area contributed by atoms with E-state index in [1.54, 1.807) is 6.92 Å². The summed E-state index contributed by atoms with van der Waals surface area (Å²) in [6.07, 6.45) is 14.4. The number of rotatable bonds is 4. The summed E-state index contributed by atoms with van der Waals surface area (Å²) in [5.74, 6) is 1.12. The molecule has 3 saturated heterocycles. The summed E-state index contributed by atoms with van der Waals surface area (Å²) >= 11 is 0. The number of pyridine rings is 2. The Morgan fingerprint density at radius 1 is 1.05 bits per heavy atom. The lowest BCUT2D eigenvalue weighted by atomic mass is 9.86. The molecular weight excluding hydrogens is 500 g/mol. The average Bonchev–Trinajstić information content (AvgIpc) is 3.01. The van der Waals surface area contributed by atoms with Gasteiger partial charge in [-0.2, -0.15) is 0 Å². The standard InChI is InChI=1S/C32H40N6O2/c1-22(39)38-15-10-29(36-25-11-16-40-17-12-25)28(21-38)32(33)26-7-5-6-23-18-30(34-20-27(23)26)24-8-9-31(35-19-24)37-13-3-2-4-14-37/h7-9,18-20,25H,2-6,10-17,21,33H2,1H3/b32-28-,36-29?. The Kier molecular flexibility index (Phi) is 7.96. The molecule has 2 aromatic rings. The monoisotopic (exact) mass is 540 g/mol. The minimum absolute atomic E-state index is 0.0691. The van der Waals surface area contributed by atoms with Gasteiger partial charge in [-0.1, -0.05) is 6.08 Å². The number of nitrogens with two attached hydrogens (primary N) is 1. The van der Waals surface area contributed by atoms with Crippen molar-refractivity contribution in [1.82, 2.24) is 14.9 Å². The van der Waals surface area contributed by atoms with Gasteiger partial charge in [0.05, 0.1) is 11.7 Å². The molecule has 2 aromatic heterocycles. The van der Waals surface area contributed by atoms with Crippen LogP contribution < -0.4 is 10.6 Å². The molecule has 0 saturated carbocycles. The Morgan fingerprint density at radius 2 is 1.88 bits per heavy atom. The van der Waals surface area contributed by atoms with E-state index in [0.29, 0.717) is 13.1 Å². The summed E-state index contributed by atoms with van der Waals surface area (Å²) < 4.78 is 5.54. The van der Waals surface area contributed by atoms with Gasteiger partial charge in [0.2, 0.25) is 5.91 Å². The Balaban J connectivity index is 1.29. The van der Waals surface area contributed by atoms with Crippen molar-refractivity contribution in [2.24, 2.45) is 10.7 Å². The maximum atomic E-state index is 12.3. The van der Waals surface area contributed by atoms with Gasteiger partial charge in [0.25, 0.3) is 0 Å². The van der Waals surface area contributed by atoms with Crippen LogP contribution in [0, 0.1) is 0 Å². The van der Waals surface area contributed by atoms with Crippen molar-refractivity contribution in [3.05, 3.63) is 59.1 Å². The fourth-order valence-corrected chi connectivity index (χ4v) is 6.29. The molecule has 0 unspecified atom stereocenters. The number of aliphatic imine (C=N–C) groups is 1. The molecule has 3 aliphatic heterocycles. The Bertz CT molecular complexity index is 1330. The third-order valence-electron chi connectivity index (χ3n) is 8.67. The number of carbonyl (C=O) groups is 1. The highest BCUT2D eigenvalue weighted by Gasteiger charge is 2.28. The van der Waals surface area contributed by atoms with E-state index in [9.17, 15) is 4.79 Å². The van der Waals surface area contributed by atoms with Crippen LogP contribution in [0.15, 0.2) is 52.9 Å². The highest BCUT2D eigenvalue weighted by atomic mass is 16.5. The molecular formula is C32H40N6O2. The second kappa shape index (κ2) is 11.9. The summed E-state index contributed by atoms with van der Waals surface area (Å²) in [4.78, 5) is 31.3. The van der Waals surface area contributed by atoms with Crippen LogP contribution in [0.3, 0.4) is 0 Å². The first-order chi connectivity index (χ1) is 19.6. The van der Waals surface area contributed by atoms with E-state index in [1.165, 1.54) is 24.8 Å². The first kappa shape index (κ1) is 26.7. The minimum Gasteiger partial charge on any atom is -0.398 e. The fourth-order valence-electron chi connectivity index (χ4n) is 6.29. The van der Waals surface area contributed by atoms with Crippen LogP contribution in [-0.2, 0) is 16.0 Å². The summed E-state index contributed by atoms with van der Waals surface area (Å²) in [6, 6.07) is 6.71. The fraction of sp³-hybridized carbons (Fsp3) is 0.500. The molecule has 0 aromatic carbocycles. The molecule has 0 atom stereocenters. The molecule has 1 amide bonds. The van der Waals surface area contributed by atoms with Crippen molar-refractivity contribution in [3.8, 4) is 11.3 Å². The van der Waals surface area contributed by atoms with Crippen LogP contribution in [0.2, 0.25) is 0 Å². The number of piperidine rings is 2. The van der Waals surface area contributed by atoms with E-state index in [4.69, 9.17) is 25.4 Å². The lowest BCUT2D eigenvalue weighted by Gasteiger charge is -2.32. The van der Waals surface area contributed by atoms with Gasteiger partial charge in [0, 0.05) is 98.8 Å². The highest BCUT2D eigenvalue weighted by Crippen LogP contribution is 2.34. The van der Waals surface area contributed by atoms with Crippen LogP contribution in [0.4, 0.5) is 5.82 Å². The van der Waals surface area contributed by atoms with Crippen molar-refractivity contribution < 1.29 is 9.53 Å². The van der Waals surface area contributed by atoms with E-state index in [1.807, 2.05) is 17.3 Å². The van der Waals surface area contributed by atoms with Crippen LogP contribution in [0.1, 0.15) is 63.0 Å². The summed E-state index contributed by atoms with van der Waals surface area (Å²) in [7, 11) is 0. The second-order valence-electron chi connectivity index (χ2n) is 11.3. The number of likely N-dealkylation sites (tertiary alicyclic amines) is 1. The molecule has 8 heteroatoms. The van der Waals surface area contributed by atoms with Crippen LogP contribution in [0.5, 0.6) is 0 Å². The van der Waals surface area contributed by atoms with Crippen molar-refractivity contribution in [2.75, 3.05) is 44.3 Å². The minimum atomic E-state index is 0.0691. The van der Waals surface area contributed by atoms with E-state index in [-0.39, 0.29) is 11.9 Å². The number of ether oxygens (including phenoxy) is 1. The van der Waals surface area contributed by atoms with Crippen molar-refractivity contribution in [1.29, 1.82) is 0 Å². The molecule has 4 aliphatic rings. The third-order valence-corrected chi connectivity index (χ3v) is 8.67. The zero-order valence-corrected chi connectivity index (χ0v) is 23.6. The lowest BCUT2D eigenvalue weighted by Crippen LogP contribution is -2.40. The molecule has 40 heavy (non-hydrogen) atoms. The van der Waals surface area contributed by atoms with E-state index in [2.05, 4.69) is 29.2 Å². The number of aromatic nitrogens is 2. The van der Waals surface area contributed by atoms with Crippen molar-refractivity contribution >= 4 is 23.0 Å². The summed E-state index contributed by atoms with van der Waals surface area (Å²) in [5, 5.41) is 0. The number of hydrogen-bond acceptors (Lipinski definition) is 7. The number of anilines is 1. The number of nitrogens with zero attached hydrogens (tertiary/aromatic N) is 5. The Morgan fingerprint density at radius 3 is 2.62 bits per heavy atom. The molecule has 0 bridgehead atoms. The SMILES string of the molecule is CC(=O)N1CCC(=NC2CCOCC2)/C(=C(\N)C2=CCCc3cc(-c4ccc(N5CCCCC5)nc4)ncc32)C1. The number of allylic oxidation sites excluding steroid dienone is 2. The van der Waals surface area contributed by atoms with Gasteiger partial charge in [0.1, 0.15) is 5.82 Å². The third kappa shape index (κ3) is 5.68. The molecule has 2 N–H and O–H groups in total. The number of aryl methyl sites for hydroxylation is 1. The van der Waals surface area contributed by atoms with Gasteiger partial charge in [0.15, 0.2) is 0 Å². The first-order valence-electron chi connectivity index (χ1n) is 14.9. The van der Waals surface area contributed by atoms with Gasteiger partial charge in [-0.3, -0.25) is 14.8 Å². The van der Waals surface area contributed by atoms with Crippen molar-refractivity contribution in [2.45, 2.75) is 64.3 Å². The smallest absolute Gasteiger partial charge is 0.219 e. The predicted molar refractivity (Wildman–Crippen MR) is 159 cm³/mol. The zero-order chi connectivity index (χ0) is 27.5. The van der Waals surface area contributed by atoms with Crippen LogP contribution in [-0.4, -0.2) is 71.9 Å². The Hall–Kier alpha value is -3.52.